The van der Waals surface area contributed by atoms with Crippen LogP contribution in [0.4, 0.5) is 5.69 Å². The third kappa shape index (κ3) is 3.91. The van der Waals surface area contributed by atoms with Gasteiger partial charge < -0.3 is 0 Å². The molecule has 0 radical (unpaired) electrons. The van der Waals surface area contributed by atoms with Crippen molar-refractivity contribution in [2.24, 2.45) is 5.41 Å². The first kappa shape index (κ1) is 15.4. The van der Waals surface area contributed by atoms with Gasteiger partial charge >= 0.3 is 0 Å². The molecule has 102 valence electrons. The van der Waals surface area contributed by atoms with E-state index in [-0.39, 0.29) is 20.5 Å². The average molecular weight is 313 g/mol. The number of hydrogen-bond donors (Lipinski definition) is 1. The topological polar surface area (TPSA) is 89.3 Å². The second kappa shape index (κ2) is 5.12. The van der Waals surface area contributed by atoms with Crippen molar-refractivity contribution in [1.29, 1.82) is 0 Å². The number of halogens is 1. The lowest BCUT2D eigenvalue weighted by molar-refractivity contribution is -0.384. The lowest BCUT2D eigenvalue weighted by Gasteiger charge is -2.18. The van der Waals surface area contributed by atoms with Gasteiger partial charge in [0.15, 0.2) is 4.34 Å². The molecule has 0 atom stereocenters. The first-order chi connectivity index (χ1) is 8.03. The van der Waals surface area contributed by atoms with Crippen LogP contribution in [0.3, 0.4) is 0 Å². The summed E-state index contributed by atoms with van der Waals surface area (Å²) in [5.41, 5.74) is -0.613. The van der Waals surface area contributed by atoms with Gasteiger partial charge in [0.05, 0.1) is 4.92 Å². The highest BCUT2D eigenvalue weighted by Crippen LogP contribution is 2.36. The van der Waals surface area contributed by atoms with Crippen molar-refractivity contribution < 1.29 is 13.3 Å². The molecule has 0 fully saturated rings. The lowest BCUT2D eigenvalue weighted by Crippen LogP contribution is -2.31. The maximum atomic E-state index is 11.9. The number of nitro groups is 1. The van der Waals surface area contributed by atoms with Crippen LogP contribution in [-0.4, -0.2) is 19.9 Å². The van der Waals surface area contributed by atoms with Gasteiger partial charge in [0.2, 0.25) is 10.0 Å². The molecule has 0 aliphatic carbocycles. The monoisotopic (exact) mass is 312 g/mol. The van der Waals surface area contributed by atoms with Crippen LogP contribution in [0.5, 0.6) is 0 Å². The Bertz CT molecular complexity index is 560. The molecule has 0 aliphatic heterocycles. The van der Waals surface area contributed by atoms with E-state index < -0.39 is 20.6 Å². The van der Waals surface area contributed by atoms with Gasteiger partial charge in [-0.05, 0) is 5.41 Å². The fourth-order valence-corrected chi connectivity index (χ4v) is 3.97. The quantitative estimate of drug-likeness (QED) is 0.683. The Morgan fingerprint density at radius 3 is 2.44 bits per heavy atom. The molecule has 1 heterocycles. The fourth-order valence-electron chi connectivity index (χ4n) is 0.978. The van der Waals surface area contributed by atoms with Gasteiger partial charge in [0.1, 0.15) is 4.21 Å². The summed E-state index contributed by atoms with van der Waals surface area (Å²) >= 11 is 6.29. The van der Waals surface area contributed by atoms with Gasteiger partial charge in [-0.2, -0.15) is 0 Å². The molecule has 0 saturated heterocycles. The zero-order chi connectivity index (χ0) is 14.1. The first-order valence-electron chi connectivity index (χ1n) is 4.96. The molecule has 1 N–H and O–H groups in total. The third-order valence-corrected chi connectivity index (χ3v) is 5.11. The number of nitrogens with one attached hydrogen (secondary N) is 1. The molecule has 6 nitrogen and oxygen atoms in total. The number of sulfonamides is 1. The van der Waals surface area contributed by atoms with Crippen molar-refractivity contribution in [2.75, 3.05) is 6.54 Å². The van der Waals surface area contributed by atoms with E-state index in [1.807, 2.05) is 20.8 Å². The largest absolute Gasteiger partial charge is 0.300 e. The smallest absolute Gasteiger partial charge is 0.258 e. The van der Waals surface area contributed by atoms with Crippen molar-refractivity contribution in [2.45, 2.75) is 25.0 Å². The van der Waals surface area contributed by atoms with Gasteiger partial charge in [0, 0.05) is 12.6 Å². The highest BCUT2D eigenvalue weighted by atomic mass is 35.5. The van der Waals surface area contributed by atoms with E-state index in [4.69, 9.17) is 11.6 Å². The van der Waals surface area contributed by atoms with E-state index >= 15 is 0 Å². The van der Waals surface area contributed by atoms with E-state index in [1.54, 1.807) is 0 Å². The van der Waals surface area contributed by atoms with Crippen LogP contribution < -0.4 is 4.72 Å². The summed E-state index contributed by atoms with van der Waals surface area (Å²) in [5.74, 6) is 0. The first-order valence-corrected chi connectivity index (χ1v) is 7.64. The Morgan fingerprint density at radius 1 is 1.50 bits per heavy atom. The van der Waals surface area contributed by atoms with E-state index in [2.05, 4.69) is 4.72 Å². The molecule has 1 aromatic rings. The Kier molecular flexibility index (Phi) is 4.37. The summed E-state index contributed by atoms with van der Waals surface area (Å²) < 4.78 is 25.9. The molecule has 0 bridgehead atoms. The van der Waals surface area contributed by atoms with Crippen LogP contribution in [0.1, 0.15) is 20.8 Å². The van der Waals surface area contributed by atoms with E-state index in [9.17, 15) is 18.5 Å². The van der Waals surface area contributed by atoms with Gasteiger partial charge in [-0.25, -0.2) is 13.1 Å². The highest BCUT2D eigenvalue weighted by Gasteiger charge is 2.26. The zero-order valence-corrected chi connectivity index (χ0v) is 12.4. The molecule has 0 spiro atoms. The molecule has 18 heavy (non-hydrogen) atoms. The molecule has 0 unspecified atom stereocenters. The van der Waals surface area contributed by atoms with Gasteiger partial charge in [-0.15, -0.1) is 11.3 Å². The molecular formula is C9H13ClN2O4S2. The van der Waals surface area contributed by atoms with Gasteiger partial charge in [0.25, 0.3) is 5.69 Å². The Morgan fingerprint density at radius 2 is 2.06 bits per heavy atom. The number of hydrogen-bond acceptors (Lipinski definition) is 5. The minimum absolute atomic E-state index is 0.142. The standard InChI is InChI=1S/C9H13ClN2O4S2/c1-9(2,3)5-11-18(15,16)7-4-6(12(13)14)8(10)17-7/h4,11H,5H2,1-3H3. The third-order valence-electron chi connectivity index (χ3n) is 1.90. The van der Waals surface area contributed by atoms with Crippen molar-refractivity contribution in [3.8, 4) is 0 Å². The predicted octanol–water partition coefficient (Wildman–Crippen LogP) is 2.63. The fraction of sp³-hybridized carbons (Fsp3) is 0.556. The van der Waals surface area contributed by atoms with E-state index in [0.717, 1.165) is 6.07 Å². The number of thiophene rings is 1. The second-order valence-electron chi connectivity index (χ2n) is 4.87. The maximum Gasteiger partial charge on any atom is 0.300 e. The number of nitrogens with zero attached hydrogens (tertiary/aromatic N) is 1. The van der Waals surface area contributed by atoms with Crippen LogP contribution in [0, 0.1) is 15.5 Å². The summed E-state index contributed by atoms with van der Waals surface area (Å²) in [6.07, 6.45) is 0. The highest BCUT2D eigenvalue weighted by molar-refractivity contribution is 7.91. The molecule has 1 aromatic heterocycles. The van der Waals surface area contributed by atoms with Crippen LogP contribution in [-0.2, 0) is 10.0 Å². The number of rotatable bonds is 4. The van der Waals surface area contributed by atoms with Gasteiger partial charge in [-0.3, -0.25) is 10.1 Å². The Balaban J connectivity index is 2.99. The van der Waals surface area contributed by atoms with Gasteiger partial charge in [-0.1, -0.05) is 32.4 Å². The summed E-state index contributed by atoms with van der Waals surface area (Å²) in [4.78, 5) is 9.88. The van der Waals surface area contributed by atoms with Crippen molar-refractivity contribution in [1.82, 2.24) is 4.72 Å². The summed E-state index contributed by atoms with van der Waals surface area (Å²) in [7, 11) is -3.75. The van der Waals surface area contributed by atoms with Crippen molar-refractivity contribution >= 4 is 38.6 Å². The van der Waals surface area contributed by atoms with Crippen LogP contribution in [0.2, 0.25) is 4.34 Å². The van der Waals surface area contributed by atoms with Crippen molar-refractivity contribution in [3.63, 3.8) is 0 Å². The summed E-state index contributed by atoms with van der Waals surface area (Å²) in [6, 6.07) is 0.970. The average Bonchev–Trinajstić information content (AvgIpc) is 2.57. The molecule has 0 aromatic carbocycles. The lowest BCUT2D eigenvalue weighted by atomic mass is 9.98. The molecular weight excluding hydrogens is 300 g/mol. The van der Waals surface area contributed by atoms with Crippen LogP contribution >= 0.6 is 22.9 Å². The molecule has 0 saturated carbocycles. The predicted molar refractivity (Wildman–Crippen MR) is 70.6 cm³/mol. The minimum Gasteiger partial charge on any atom is -0.258 e. The summed E-state index contributed by atoms with van der Waals surface area (Å²) in [5, 5.41) is 10.6. The Labute approximate surface area is 114 Å². The molecule has 9 heteroatoms. The van der Waals surface area contributed by atoms with Crippen LogP contribution in [0.25, 0.3) is 0 Å². The molecule has 0 aliphatic rings. The SMILES string of the molecule is CC(C)(C)CNS(=O)(=O)c1cc([N+](=O)[O-])c(Cl)s1. The van der Waals surface area contributed by atoms with Crippen molar-refractivity contribution in [3.05, 3.63) is 20.5 Å². The molecule has 0 amide bonds. The van der Waals surface area contributed by atoms with Crippen LogP contribution in [0.15, 0.2) is 10.3 Å². The Hall–Kier alpha value is -0.700. The zero-order valence-electron chi connectivity index (χ0n) is 10.1. The maximum absolute atomic E-state index is 11.9. The second-order valence-corrected chi connectivity index (χ2v) is 8.51. The minimum atomic E-state index is -3.75. The molecule has 1 rings (SSSR count). The normalized spacial score (nSPS) is 12.7. The van der Waals surface area contributed by atoms with E-state index in [0.29, 0.717) is 11.3 Å². The van der Waals surface area contributed by atoms with E-state index in [1.165, 1.54) is 0 Å². The summed E-state index contributed by atoms with van der Waals surface area (Å²) in [6.45, 7) is 5.86.